The van der Waals surface area contributed by atoms with Gasteiger partial charge in [-0.3, -0.25) is 10.1 Å². The number of carboxylic acids is 1. The van der Waals surface area contributed by atoms with Crippen LogP contribution in [0.1, 0.15) is 0 Å². The van der Waals surface area contributed by atoms with Crippen molar-refractivity contribution in [3.63, 3.8) is 0 Å². The molecule has 0 saturated carbocycles. The predicted molar refractivity (Wildman–Crippen MR) is 72.8 cm³/mol. The van der Waals surface area contributed by atoms with E-state index in [4.69, 9.17) is 33.0 Å². The van der Waals surface area contributed by atoms with Gasteiger partial charge in [0, 0.05) is 5.75 Å². The van der Waals surface area contributed by atoms with Crippen molar-refractivity contribution in [1.82, 2.24) is 5.32 Å². The molecule has 0 aromatic heterocycles. The Labute approximate surface area is 119 Å². The van der Waals surface area contributed by atoms with Gasteiger partial charge in [0.2, 0.25) is 0 Å². The van der Waals surface area contributed by atoms with Gasteiger partial charge in [-0.25, -0.2) is 0 Å². The van der Waals surface area contributed by atoms with Crippen LogP contribution in [0.15, 0.2) is 18.2 Å². The molecule has 2 atom stereocenters. The molecule has 1 heterocycles. The second-order valence-corrected chi connectivity index (χ2v) is 5.76. The van der Waals surface area contributed by atoms with Gasteiger partial charge in [0.05, 0.1) is 10.4 Å². The lowest BCUT2D eigenvalue weighted by Gasteiger charge is -2.13. The third-order valence-corrected chi connectivity index (χ3v) is 4.46. The fourth-order valence-electron chi connectivity index (χ4n) is 1.53. The standard InChI is InChI=1S/C11H11Cl2NO3S/c12-6-2-1-3-8(10(6)13)17-4-9-14-7(5-18-9)11(15)16/h1-3,7,9,14H,4-5H2,(H,15,16). The summed E-state index contributed by atoms with van der Waals surface area (Å²) in [5.41, 5.74) is 0. The number of ether oxygens (including phenoxy) is 1. The van der Waals surface area contributed by atoms with Gasteiger partial charge in [0.25, 0.3) is 0 Å². The van der Waals surface area contributed by atoms with Gasteiger partial charge in [0.15, 0.2) is 0 Å². The molecule has 18 heavy (non-hydrogen) atoms. The lowest BCUT2D eigenvalue weighted by atomic mass is 10.3. The molecule has 2 rings (SSSR count). The van der Waals surface area contributed by atoms with E-state index in [1.165, 1.54) is 11.8 Å². The lowest BCUT2D eigenvalue weighted by molar-refractivity contribution is -0.138. The van der Waals surface area contributed by atoms with Crippen LogP contribution in [0.2, 0.25) is 10.0 Å². The van der Waals surface area contributed by atoms with Crippen LogP contribution in [0, 0.1) is 0 Å². The number of thioether (sulfide) groups is 1. The fraction of sp³-hybridized carbons (Fsp3) is 0.364. The van der Waals surface area contributed by atoms with Crippen LogP contribution in [0.25, 0.3) is 0 Å². The highest BCUT2D eigenvalue weighted by Gasteiger charge is 2.29. The number of carbonyl (C=O) groups is 1. The quantitative estimate of drug-likeness (QED) is 0.895. The Balaban J connectivity index is 1.89. The van der Waals surface area contributed by atoms with E-state index in [0.717, 1.165) is 0 Å². The highest BCUT2D eigenvalue weighted by atomic mass is 35.5. The second kappa shape index (κ2) is 6.02. The first kappa shape index (κ1) is 13.8. The van der Waals surface area contributed by atoms with Crippen molar-refractivity contribution >= 4 is 40.9 Å². The molecule has 0 bridgehead atoms. The maximum Gasteiger partial charge on any atom is 0.321 e. The zero-order valence-corrected chi connectivity index (χ0v) is 11.6. The minimum absolute atomic E-state index is 0.0545. The first-order valence-electron chi connectivity index (χ1n) is 5.25. The average Bonchev–Trinajstić information content (AvgIpc) is 2.80. The molecule has 1 aromatic carbocycles. The molecule has 0 amide bonds. The molecule has 1 aliphatic rings. The van der Waals surface area contributed by atoms with E-state index in [1.807, 2.05) is 0 Å². The molecule has 1 saturated heterocycles. The Bertz CT molecular complexity index is 458. The van der Waals surface area contributed by atoms with E-state index in [9.17, 15) is 4.79 Å². The Morgan fingerprint density at radius 3 is 3.00 bits per heavy atom. The Morgan fingerprint density at radius 2 is 2.33 bits per heavy atom. The Hall–Kier alpha value is -0.620. The van der Waals surface area contributed by atoms with Gasteiger partial charge in [-0.1, -0.05) is 29.3 Å². The second-order valence-electron chi connectivity index (χ2n) is 3.74. The Morgan fingerprint density at radius 1 is 1.56 bits per heavy atom. The van der Waals surface area contributed by atoms with Gasteiger partial charge in [0.1, 0.15) is 23.4 Å². The van der Waals surface area contributed by atoms with Crippen LogP contribution >= 0.6 is 35.0 Å². The fourth-order valence-corrected chi connectivity index (χ4v) is 2.97. The predicted octanol–water partition coefficient (Wildman–Crippen LogP) is 2.49. The topological polar surface area (TPSA) is 58.6 Å². The van der Waals surface area contributed by atoms with Crippen molar-refractivity contribution in [3.8, 4) is 5.75 Å². The summed E-state index contributed by atoms with van der Waals surface area (Å²) in [6, 6.07) is 4.64. The molecule has 2 unspecified atom stereocenters. The first-order valence-corrected chi connectivity index (χ1v) is 7.05. The average molecular weight is 308 g/mol. The van der Waals surface area contributed by atoms with Crippen LogP contribution in [0.3, 0.4) is 0 Å². The molecule has 0 radical (unpaired) electrons. The molecule has 4 nitrogen and oxygen atoms in total. The number of halogens is 2. The molecule has 1 aliphatic heterocycles. The minimum atomic E-state index is -0.842. The zero-order chi connectivity index (χ0) is 13.1. The normalized spacial score (nSPS) is 23.0. The molecule has 0 spiro atoms. The molecular formula is C11H11Cl2NO3S. The van der Waals surface area contributed by atoms with Crippen molar-refractivity contribution in [2.45, 2.75) is 11.4 Å². The maximum absolute atomic E-state index is 10.8. The molecule has 2 N–H and O–H groups in total. The van der Waals surface area contributed by atoms with Crippen LogP contribution < -0.4 is 10.1 Å². The largest absolute Gasteiger partial charge is 0.489 e. The smallest absolute Gasteiger partial charge is 0.321 e. The van der Waals surface area contributed by atoms with E-state index in [0.29, 0.717) is 28.2 Å². The van der Waals surface area contributed by atoms with Crippen molar-refractivity contribution < 1.29 is 14.6 Å². The van der Waals surface area contributed by atoms with E-state index in [-0.39, 0.29) is 5.37 Å². The summed E-state index contributed by atoms with van der Waals surface area (Å²) in [6.07, 6.45) is 0. The van der Waals surface area contributed by atoms with Gasteiger partial charge in [-0.15, -0.1) is 11.8 Å². The number of carboxylic acid groups (broad SMARTS) is 1. The minimum Gasteiger partial charge on any atom is -0.489 e. The number of benzene rings is 1. The monoisotopic (exact) mass is 307 g/mol. The SMILES string of the molecule is O=C(O)C1CSC(COc2cccc(Cl)c2Cl)N1. The third-order valence-electron chi connectivity index (χ3n) is 2.46. The number of rotatable bonds is 4. The van der Waals surface area contributed by atoms with Crippen molar-refractivity contribution in [1.29, 1.82) is 0 Å². The van der Waals surface area contributed by atoms with Gasteiger partial charge in [-0.2, -0.15) is 0 Å². The number of aliphatic carboxylic acids is 1. The molecule has 1 aromatic rings. The number of nitrogens with one attached hydrogen (secondary N) is 1. The van der Waals surface area contributed by atoms with Crippen molar-refractivity contribution in [3.05, 3.63) is 28.2 Å². The summed E-state index contributed by atoms with van der Waals surface area (Å²) >= 11 is 13.4. The van der Waals surface area contributed by atoms with Crippen LogP contribution in [0.5, 0.6) is 5.75 Å². The Kier molecular flexibility index (Phi) is 4.61. The lowest BCUT2D eigenvalue weighted by Crippen LogP contribution is -2.38. The first-order chi connectivity index (χ1) is 8.58. The van der Waals surface area contributed by atoms with Crippen molar-refractivity contribution in [2.24, 2.45) is 0 Å². The number of hydrogen-bond acceptors (Lipinski definition) is 4. The highest BCUT2D eigenvalue weighted by Crippen LogP contribution is 2.32. The van der Waals surface area contributed by atoms with Crippen molar-refractivity contribution in [2.75, 3.05) is 12.4 Å². The van der Waals surface area contributed by atoms with Crippen LogP contribution in [0.4, 0.5) is 0 Å². The molecule has 7 heteroatoms. The summed E-state index contributed by atoms with van der Waals surface area (Å²) in [5, 5.41) is 12.6. The van der Waals surface area contributed by atoms with E-state index in [2.05, 4.69) is 5.32 Å². The van der Waals surface area contributed by atoms with E-state index in [1.54, 1.807) is 18.2 Å². The summed E-state index contributed by atoms with van der Waals surface area (Å²) < 4.78 is 5.54. The molecule has 0 aliphatic carbocycles. The van der Waals surface area contributed by atoms with E-state index >= 15 is 0 Å². The summed E-state index contributed by atoms with van der Waals surface area (Å²) in [6.45, 7) is 0.342. The number of hydrogen-bond donors (Lipinski definition) is 2. The zero-order valence-electron chi connectivity index (χ0n) is 9.23. The molecular weight excluding hydrogens is 297 g/mol. The summed E-state index contributed by atoms with van der Waals surface area (Å²) in [7, 11) is 0. The summed E-state index contributed by atoms with van der Waals surface area (Å²) in [4.78, 5) is 10.8. The van der Waals surface area contributed by atoms with Gasteiger partial charge >= 0.3 is 5.97 Å². The van der Waals surface area contributed by atoms with Crippen LogP contribution in [-0.2, 0) is 4.79 Å². The van der Waals surface area contributed by atoms with Gasteiger partial charge in [-0.05, 0) is 12.1 Å². The molecule has 98 valence electrons. The maximum atomic E-state index is 10.8. The van der Waals surface area contributed by atoms with Gasteiger partial charge < -0.3 is 9.84 Å². The summed E-state index contributed by atoms with van der Waals surface area (Å²) in [5.74, 6) is 0.197. The van der Waals surface area contributed by atoms with E-state index < -0.39 is 12.0 Å². The highest BCUT2D eigenvalue weighted by molar-refractivity contribution is 8.00. The third kappa shape index (κ3) is 3.23. The van der Waals surface area contributed by atoms with Crippen LogP contribution in [-0.4, -0.2) is 34.9 Å². The molecule has 1 fully saturated rings.